The second kappa shape index (κ2) is 10.1. The van der Waals surface area contributed by atoms with Gasteiger partial charge in [0, 0.05) is 29.4 Å². The molecule has 202 valence electrons. The standard InChI is InChI=1S/C29H29N3O7/c1-4-21(30-24(34)11-10-16(3)33)27(36)39-29(5-2)20-13-23-25-18(12-17-8-6-7-9-22(17)31-25)14-32(23)26(35)19(20)15-38-28(29)37/h6-9,12-13,21H,4-5,10-11,14-15H2,1-3H3,(H,30,34)/t21-,29+/m0/s1. The number of pyridine rings is 2. The summed E-state index contributed by atoms with van der Waals surface area (Å²) in [7, 11) is 0. The van der Waals surface area contributed by atoms with Gasteiger partial charge in [-0.1, -0.05) is 32.0 Å². The average Bonchev–Trinajstić information content (AvgIpc) is 3.28. The van der Waals surface area contributed by atoms with Crippen molar-refractivity contribution in [2.75, 3.05) is 0 Å². The number of ether oxygens (including phenoxy) is 2. The molecule has 4 heterocycles. The summed E-state index contributed by atoms with van der Waals surface area (Å²) in [6, 6.07) is 10.3. The number of para-hydroxylation sites is 1. The monoisotopic (exact) mass is 531 g/mol. The lowest BCUT2D eigenvalue weighted by atomic mass is 9.85. The van der Waals surface area contributed by atoms with Gasteiger partial charge in [0.05, 0.1) is 29.0 Å². The van der Waals surface area contributed by atoms with Crippen LogP contribution in [0.5, 0.6) is 0 Å². The predicted octanol–water partition coefficient (Wildman–Crippen LogP) is 2.89. The van der Waals surface area contributed by atoms with Crippen molar-refractivity contribution in [1.82, 2.24) is 14.9 Å². The molecule has 0 bridgehead atoms. The highest BCUT2D eigenvalue weighted by Gasteiger charge is 2.51. The van der Waals surface area contributed by atoms with E-state index in [2.05, 4.69) is 5.32 Å². The minimum absolute atomic E-state index is 0.0141. The predicted molar refractivity (Wildman–Crippen MR) is 141 cm³/mol. The number of aromatic nitrogens is 2. The second-order valence-corrected chi connectivity index (χ2v) is 9.91. The Kier molecular flexibility index (Phi) is 6.80. The van der Waals surface area contributed by atoms with Gasteiger partial charge in [-0.05, 0) is 38.0 Å². The summed E-state index contributed by atoms with van der Waals surface area (Å²) < 4.78 is 12.8. The molecule has 2 atom stereocenters. The van der Waals surface area contributed by atoms with E-state index >= 15 is 0 Å². The fourth-order valence-corrected chi connectivity index (χ4v) is 5.21. The van der Waals surface area contributed by atoms with Crippen LogP contribution in [-0.2, 0) is 47.4 Å². The normalized spacial score (nSPS) is 18.0. The van der Waals surface area contributed by atoms with Crippen LogP contribution in [0.3, 0.4) is 0 Å². The number of rotatable bonds is 8. The number of carbonyl (C=O) groups is 4. The van der Waals surface area contributed by atoms with Crippen molar-refractivity contribution in [1.29, 1.82) is 0 Å². The van der Waals surface area contributed by atoms with Gasteiger partial charge in [-0.3, -0.25) is 9.59 Å². The third kappa shape index (κ3) is 4.49. The zero-order valence-electron chi connectivity index (χ0n) is 22.0. The molecule has 0 unspecified atom stereocenters. The Morgan fingerprint density at radius 3 is 2.64 bits per heavy atom. The van der Waals surface area contributed by atoms with Crippen LogP contribution in [0.1, 0.15) is 63.1 Å². The number of hydrogen-bond donors (Lipinski definition) is 1. The minimum atomic E-state index is -1.86. The number of esters is 2. The van der Waals surface area contributed by atoms with Crippen LogP contribution >= 0.6 is 0 Å². The summed E-state index contributed by atoms with van der Waals surface area (Å²) >= 11 is 0. The molecular formula is C29H29N3O7. The van der Waals surface area contributed by atoms with Crippen molar-refractivity contribution in [2.45, 2.75) is 71.2 Å². The minimum Gasteiger partial charge on any atom is -0.457 e. The molecule has 0 aliphatic carbocycles. The van der Waals surface area contributed by atoms with Gasteiger partial charge in [0.25, 0.3) is 5.56 Å². The number of fused-ring (bicyclic) bond motifs is 5. The van der Waals surface area contributed by atoms with E-state index in [1.165, 1.54) is 6.92 Å². The fourth-order valence-electron chi connectivity index (χ4n) is 5.21. The summed E-state index contributed by atoms with van der Waals surface area (Å²) in [4.78, 5) is 68.5. The highest BCUT2D eigenvalue weighted by Crippen LogP contribution is 2.41. The third-order valence-corrected chi connectivity index (χ3v) is 7.39. The van der Waals surface area contributed by atoms with Crippen LogP contribution in [0.4, 0.5) is 0 Å². The quantitative estimate of drug-likeness (QED) is 0.343. The molecule has 10 nitrogen and oxygen atoms in total. The maximum atomic E-state index is 13.6. The molecule has 2 aliphatic heterocycles. The molecule has 0 fully saturated rings. The number of carbonyl (C=O) groups excluding carboxylic acids is 4. The number of amides is 1. The van der Waals surface area contributed by atoms with E-state index in [-0.39, 0.29) is 54.8 Å². The van der Waals surface area contributed by atoms with Crippen molar-refractivity contribution in [3.05, 3.63) is 63.4 Å². The molecule has 0 spiro atoms. The van der Waals surface area contributed by atoms with Gasteiger partial charge in [-0.25, -0.2) is 14.6 Å². The lowest BCUT2D eigenvalue weighted by Crippen LogP contribution is -2.51. The first-order valence-electron chi connectivity index (χ1n) is 13.0. The summed E-state index contributed by atoms with van der Waals surface area (Å²) in [5.74, 6) is -2.23. The molecule has 0 saturated heterocycles. The number of nitrogens with one attached hydrogen (secondary N) is 1. The maximum Gasteiger partial charge on any atom is 0.355 e. The third-order valence-electron chi connectivity index (χ3n) is 7.39. The molecule has 1 aromatic carbocycles. The van der Waals surface area contributed by atoms with Crippen molar-refractivity contribution in [2.24, 2.45) is 0 Å². The smallest absolute Gasteiger partial charge is 0.355 e. The van der Waals surface area contributed by atoms with Crippen LogP contribution in [0, 0.1) is 0 Å². The molecule has 39 heavy (non-hydrogen) atoms. The largest absolute Gasteiger partial charge is 0.457 e. The van der Waals surface area contributed by atoms with Gasteiger partial charge in [-0.2, -0.15) is 0 Å². The Balaban J connectivity index is 1.54. The van der Waals surface area contributed by atoms with E-state index in [0.717, 1.165) is 16.5 Å². The van der Waals surface area contributed by atoms with E-state index in [0.29, 0.717) is 17.9 Å². The number of hydrogen-bond acceptors (Lipinski definition) is 8. The fraction of sp³-hybridized carbons (Fsp3) is 0.379. The van der Waals surface area contributed by atoms with Crippen LogP contribution in [0.15, 0.2) is 41.2 Å². The zero-order chi connectivity index (χ0) is 27.9. The highest BCUT2D eigenvalue weighted by atomic mass is 16.6. The molecular weight excluding hydrogens is 502 g/mol. The molecule has 0 saturated carbocycles. The van der Waals surface area contributed by atoms with E-state index in [4.69, 9.17) is 14.5 Å². The highest BCUT2D eigenvalue weighted by molar-refractivity contribution is 5.91. The Hall–Kier alpha value is -4.34. The zero-order valence-corrected chi connectivity index (χ0v) is 22.0. The molecule has 2 aromatic heterocycles. The molecule has 1 N–H and O–H groups in total. The van der Waals surface area contributed by atoms with E-state index in [9.17, 15) is 24.0 Å². The van der Waals surface area contributed by atoms with Crippen LogP contribution < -0.4 is 10.9 Å². The maximum absolute atomic E-state index is 13.6. The summed E-state index contributed by atoms with van der Waals surface area (Å²) in [5, 5.41) is 3.53. The van der Waals surface area contributed by atoms with E-state index < -0.39 is 29.5 Å². The topological polar surface area (TPSA) is 134 Å². The molecule has 5 rings (SSSR count). The van der Waals surface area contributed by atoms with Crippen LogP contribution in [0.25, 0.3) is 22.3 Å². The second-order valence-electron chi connectivity index (χ2n) is 9.91. The SMILES string of the molecule is CC[C@H](NC(=O)CCC(C)=O)C(=O)O[C@@]1(CC)C(=O)OCc2c1cc1n(c2=O)Cc2cc3ccccc3nc2-1. The van der Waals surface area contributed by atoms with Crippen molar-refractivity contribution in [3.8, 4) is 11.4 Å². The molecule has 3 aromatic rings. The van der Waals surface area contributed by atoms with Gasteiger partial charge in [0.1, 0.15) is 18.4 Å². The van der Waals surface area contributed by atoms with Crippen LogP contribution in [0.2, 0.25) is 0 Å². The first kappa shape index (κ1) is 26.3. The Morgan fingerprint density at radius 1 is 1.15 bits per heavy atom. The number of cyclic esters (lactones) is 1. The molecule has 0 radical (unpaired) electrons. The number of benzene rings is 1. The van der Waals surface area contributed by atoms with Gasteiger partial charge in [0.2, 0.25) is 11.5 Å². The summed E-state index contributed by atoms with van der Waals surface area (Å²) in [6.45, 7) is 4.82. The lowest BCUT2D eigenvalue weighted by Gasteiger charge is -2.36. The van der Waals surface area contributed by atoms with Crippen molar-refractivity contribution < 1.29 is 28.7 Å². The average molecular weight is 532 g/mol. The first-order chi connectivity index (χ1) is 18.7. The van der Waals surface area contributed by atoms with Gasteiger partial charge < -0.3 is 24.2 Å². The van der Waals surface area contributed by atoms with Crippen molar-refractivity contribution in [3.63, 3.8) is 0 Å². The lowest BCUT2D eigenvalue weighted by molar-refractivity contribution is -0.190. The van der Waals surface area contributed by atoms with Gasteiger partial charge >= 0.3 is 11.9 Å². The number of Topliss-reactive ketones (excluding diaryl/α,β-unsaturated/α-hetero) is 1. The van der Waals surface area contributed by atoms with Gasteiger partial charge in [-0.15, -0.1) is 0 Å². The Labute approximate surface area is 224 Å². The number of nitrogens with zero attached hydrogens (tertiary/aromatic N) is 2. The van der Waals surface area contributed by atoms with Gasteiger partial charge in [0.15, 0.2) is 0 Å². The van der Waals surface area contributed by atoms with E-state index in [1.54, 1.807) is 24.5 Å². The summed E-state index contributed by atoms with van der Waals surface area (Å²) in [6.07, 6.45) is 0.201. The molecule has 10 heteroatoms. The molecule has 2 aliphatic rings. The van der Waals surface area contributed by atoms with Crippen molar-refractivity contribution >= 4 is 34.5 Å². The van der Waals surface area contributed by atoms with E-state index in [1.807, 2.05) is 30.3 Å². The first-order valence-corrected chi connectivity index (χ1v) is 13.0. The summed E-state index contributed by atoms with van der Waals surface area (Å²) in [5.41, 5.74) is 1.12. The number of ketones is 1. The van der Waals surface area contributed by atoms with Crippen LogP contribution in [-0.4, -0.2) is 39.2 Å². The Bertz CT molecular complexity index is 1590. The molecule has 1 amide bonds. The Morgan fingerprint density at radius 2 is 1.92 bits per heavy atom.